The topological polar surface area (TPSA) is 75.4 Å². The molecule has 0 radical (unpaired) electrons. The first-order chi connectivity index (χ1) is 9.44. The Bertz CT molecular complexity index is 385. The molecule has 2 aliphatic rings. The predicted octanol–water partition coefficient (Wildman–Crippen LogP) is 1.02. The molecule has 1 aliphatic carbocycles. The minimum atomic E-state index is -0.774. The van der Waals surface area contributed by atoms with Gasteiger partial charge in [0.2, 0.25) is 11.8 Å². The van der Waals surface area contributed by atoms with Gasteiger partial charge in [-0.3, -0.25) is 9.59 Å². The van der Waals surface area contributed by atoms with Gasteiger partial charge >= 0.3 is 0 Å². The van der Waals surface area contributed by atoms with Crippen molar-refractivity contribution in [3.63, 3.8) is 0 Å². The quantitative estimate of drug-likeness (QED) is 0.742. The molecule has 0 spiro atoms. The third-order valence-corrected chi connectivity index (χ3v) is 5.00. The standard InChI is InChI=1S/C15H27N3O2/c1-14(2)12(19)17-9-10-18(14)13(20)15(11-16)7-5-3-4-6-8-15/h3-11,16H2,1-2H3,(H,17,19). The van der Waals surface area contributed by atoms with Gasteiger partial charge in [0, 0.05) is 19.6 Å². The summed E-state index contributed by atoms with van der Waals surface area (Å²) in [4.78, 5) is 26.9. The molecule has 1 aliphatic heterocycles. The Balaban J connectivity index is 2.25. The van der Waals surface area contributed by atoms with Gasteiger partial charge in [-0.2, -0.15) is 0 Å². The molecule has 5 nitrogen and oxygen atoms in total. The SMILES string of the molecule is CC1(C)C(=O)NCCN1C(=O)C1(CN)CCCCCC1. The Morgan fingerprint density at radius 1 is 1.25 bits per heavy atom. The smallest absolute Gasteiger partial charge is 0.245 e. The van der Waals surface area contributed by atoms with Crippen LogP contribution >= 0.6 is 0 Å². The van der Waals surface area contributed by atoms with Crippen LogP contribution in [0.1, 0.15) is 52.4 Å². The Kier molecular flexibility index (Phi) is 4.37. The summed E-state index contributed by atoms with van der Waals surface area (Å²) in [6.07, 6.45) is 6.19. The van der Waals surface area contributed by atoms with Crippen molar-refractivity contribution in [1.29, 1.82) is 0 Å². The summed E-state index contributed by atoms with van der Waals surface area (Å²) in [6, 6.07) is 0. The maximum absolute atomic E-state index is 13.1. The summed E-state index contributed by atoms with van der Waals surface area (Å²) >= 11 is 0. The highest BCUT2D eigenvalue weighted by Gasteiger charge is 2.47. The summed E-state index contributed by atoms with van der Waals surface area (Å²) in [5.41, 5.74) is 4.76. The molecule has 0 aromatic carbocycles. The van der Waals surface area contributed by atoms with Gasteiger partial charge in [-0.1, -0.05) is 25.7 Å². The number of hydrogen-bond acceptors (Lipinski definition) is 3. The van der Waals surface area contributed by atoms with E-state index in [4.69, 9.17) is 5.73 Å². The first-order valence-corrected chi connectivity index (χ1v) is 7.74. The van der Waals surface area contributed by atoms with Crippen molar-refractivity contribution < 1.29 is 9.59 Å². The second kappa shape index (κ2) is 5.72. The van der Waals surface area contributed by atoms with E-state index in [1.807, 2.05) is 13.8 Å². The molecular weight excluding hydrogens is 254 g/mol. The lowest BCUT2D eigenvalue weighted by Gasteiger charge is -2.46. The van der Waals surface area contributed by atoms with Gasteiger partial charge in [0.05, 0.1) is 5.41 Å². The van der Waals surface area contributed by atoms with E-state index >= 15 is 0 Å². The monoisotopic (exact) mass is 281 g/mol. The fourth-order valence-electron chi connectivity index (χ4n) is 3.45. The maximum atomic E-state index is 13.1. The molecule has 114 valence electrons. The van der Waals surface area contributed by atoms with Crippen LogP contribution in [-0.4, -0.2) is 41.9 Å². The second-order valence-electron chi connectivity index (χ2n) is 6.67. The van der Waals surface area contributed by atoms with Crippen LogP contribution in [0.25, 0.3) is 0 Å². The second-order valence-corrected chi connectivity index (χ2v) is 6.67. The van der Waals surface area contributed by atoms with Gasteiger partial charge in [-0.15, -0.1) is 0 Å². The molecule has 2 fully saturated rings. The summed E-state index contributed by atoms with van der Waals surface area (Å²) in [5, 5.41) is 2.84. The summed E-state index contributed by atoms with van der Waals surface area (Å²) in [6.45, 7) is 5.15. The van der Waals surface area contributed by atoms with Crippen LogP contribution < -0.4 is 11.1 Å². The first kappa shape index (κ1) is 15.3. The zero-order chi connectivity index (χ0) is 14.8. The molecule has 1 saturated heterocycles. The average molecular weight is 281 g/mol. The Morgan fingerprint density at radius 2 is 1.85 bits per heavy atom. The Labute approximate surface area is 121 Å². The number of carbonyl (C=O) groups is 2. The normalized spacial score (nSPS) is 25.8. The number of carbonyl (C=O) groups excluding carboxylic acids is 2. The fraction of sp³-hybridized carbons (Fsp3) is 0.867. The first-order valence-electron chi connectivity index (χ1n) is 7.74. The molecule has 20 heavy (non-hydrogen) atoms. The zero-order valence-electron chi connectivity index (χ0n) is 12.7. The number of amides is 2. The fourth-order valence-corrected chi connectivity index (χ4v) is 3.45. The van der Waals surface area contributed by atoms with Crippen LogP contribution in [0.15, 0.2) is 0 Å². The molecule has 1 heterocycles. The van der Waals surface area contributed by atoms with Crippen LogP contribution in [0.4, 0.5) is 0 Å². The van der Waals surface area contributed by atoms with Crippen molar-refractivity contribution in [2.75, 3.05) is 19.6 Å². The zero-order valence-corrected chi connectivity index (χ0v) is 12.7. The lowest BCUT2D eigenvalue weighted by molar-refractivity contribution is -0.157. The largest absolute Gasteiger partial charge is 0.352 e. The third-order valence-electron chi connectivity index (χ3n) is 5.00. The van der Waals surface area contributed by atoms with E-state index in [1.165, 1.54) is 12.8 Å². The minimum absolute atomic E-state index is 0.0714. The van der Waals surface area contributed by atoms with E-state index in [0.717, 1.165) is 25.7 Å². The molecule has 0 atom stereocenters. The molecule has 0 bridgehead atoms. The molecule has 5 heteroatoms. The molecule has 2 amide bonds. The van der Waals surface area contributed by atoms with Gasteiger partial charge in [-0.05, 0) is 26.7 Å². The molecular formula is C15H27N3O2. The highest BCUT2D eigenvalue weighted by atomic mass is 16.2. The predicted molar refractivity (Wildman–Crippen MR) is 78.0 cm³/mol. The molecule has 2 rings (SSSR count). The van der Waals surface area contributed by atoms with E-state index in [1.54, 1.807) is 4.90 Å². The highest BCUT2D eigenvalue weighted by Crippen LogP contribution is 2.38. The van der Waals surface area contributed by atoms with Gasteiger partial charge in [0.1, 0.15) is 5.54 Å². The summed E-state index contributed by atoms with van der Waals surface area (Å²) in [5.74, 6) is 0.0136. The molecule has 1 saturated carbocycles. The third kappa shape index (κ3) is 2.55. The van der Waals surface area contributed by atoms with Crippen LogP contribution in [0.2, 0.25) is 0 Å². The van der Waals surface area contributed by atoms with Crippen molar-refractivity contribution in [3.05, 3.63) is 0 Å². The van der Waals surface area contributed by atoms with Crippen molar-refractivity contribution in [2.45, 2.75) is 57.9 Å². The van der Waals surface area contributed by atoms with Crippen molar-refractivity contribution in [2.24, 2.45) is 11.1 Å². The van der Waals surface area contributed by atoms with Crippen LogP contribution in [0.5, 0.6) is 0 Å². The van der Waals surface area contributed by atoms with Crippen molar-refractivity contribution in [3.8, 4) is 0 Å². The molecule has 0 unspecified atom stereocenters. The number of piperazine rings is 1. The number of nitrogens with zero attached hydrogens (tertiary/aromatic N) is 1. The molecule has 0 aromatic heterocycles. The van der Waals surface area contributed by atoms with E-state index in [0.29, 0.717) is 19.6 Å². The number of rotatable bonds is 2. The van der Waals surface area contributed by atoms with E-state index < -0.39 is 11.0 Å². The van der Waals surface area contributed by atoms with E-state index in [2.05, 4.69) is 5.32 Å². The van der Waals surface area contributed by atoms with Crippen LogP contribution in [0.3, 0.4) is 0 Å². The Hall–Kier alpha value is -1.10. The lowest BCUT2D eigenvalue weighted by atomic mass is 9.77. The molecule has 3 N–H and O–H groups in total. The van der Waals surface area contributed by atoms with Crippen LogP contribution in [-0.2, 0) is 9.59 Å². The Morgan fingerprint density at radius 3 is 2.40 bits per heavy atom. The average Bonchev–Trinajstić information content (AvgIpc) is 2.67. The highest BCUT2D eigenvalue weighted by molar-refractivity contribution is 5.93. The maximum Gasteiger partial charge on any atom is 0.245 e. The van der Waals surface area contributed by atoms with Gasteiger partial charge in [0.25, 0.3) is 0 Å². The van der Waals surface area contributed by atoms with Crippen molar-refractivity contribution in [1.82, 2.24) is 10.2 Å². The summed E-state index contributed by atoms with van der Waals surface area (Å²) in [7, 11) is 0. The van der Waals surface area contributed by atoms with Gasteiger partial charge < -0.3 is 16.0 Å². The van der Waals surface area contributed by atoms with Gasteiger partial charge in [0.15, 0.2) is 0 Å². The van der Waals surface area contributed by atoms with Gasteiger partial charge in [-0.25, -0.2) is 0 Å². The number of nitrogens with one attached hydrogen (secondary N) is 1. The van der Waals surface area contributed by atoms with E-state index in [9.17, 15) is 9.59 Å². The summed E-state index contributed by atoms with van der Waals surface area (Å²) < 4.78 is 0. The van der Waals surface area contributed by atoms with E-state index in [-0.39, 0.29) is 11.8 Å². The minimum Gasteiger partial charge on any atom is -0.352 e. The molecule has 0 aromatic rings. The number of nitrogens with two attached hydrogens (primary N) is 1. The van der Waals surface area contributed by atoms with Crippen molar-refractivity contribution >= 4 is 11.8 Å². The van der Waals surface area contributed by atoms with Crippen LogP contribution in [0, 0.1) is 5.41 Å². The number of hydrogen-bond donors (Lipinski definition) is 2. The lowest BCUT2D eigenvalue weighted by Crippen LogP contribution is -2.66.